The predicted molar refractivity (Wildman–Crippen MR) is 72.1 cm³/mol. The van der Waals surface area contributed by atoms with Gasteiger partial charge in [0.2, 0.25) is 0 Å². The minimum atomic E-state index is -0.0877. The third-order valence-electron chi connectivity index (χ3n) is 3.48. The van der Waals surface area contributed by atoms with Crippen molar-refractivity contribution in [3.63, 3.8) is 0 Å². The molecule has 106 valence electrons. The number of carbonyl (C=O) groups is 1. The Balaban J connectivity index is 1.67. The number of nitrogens with one attached hydrogen (secondary N) is 1. The van der Waals surface area contributed by atoms with E-state index in [0.717, 1.165) is 45.5 Å². The fraction of sp³-hybridized carbons (Fsp3) is 0.692. The standard InChI is InChI=1S/C13H22N4O2/c1-19-10-2-6-16-7-3-12(4-8-16)15-13(18)17-9-5-14-11-17/h5,9,11-12H,2-4,6-8,10H2,1H3,(H,15,18). The molecule has 1 amide bonds. The lowest BCUT2D eigenvalue weighted by atomic mass is 10.1. The van der Waals surface area contributed by atoms with Gasteiger partial charge in [-0.05, 0) is 19.3 Å². The van der Waals surface area contributed by atoms with E-state index >= 15 is 0 Å². The first-order valence-electron chi connectivity index (χ1n) is 6.79. The van der Waals surface area contributed by atoms with Crippen molar-refractivity contribution in [1.29, 1.82) is 0 Å². The predicted octanol–water partition coefficient (Wildman–Crippen LogP) is 0.942. The minimum absolute atomic E-state index is 0.0877. The molecule has 1 saturated heterocycles. The van der Waals surface area contributed by atoms with E-state index in [1.54, 1.807) is 19.5 Å². The highest BCUT2D eigenvalue weighted by molar-refractivity contribution is 5.76. The van der Waals surface area contributed by atoms with Crippen LogP contribution >= 0.6 is 0 Å². The first kappa shape index (κ1) is 14.0. The third-order valence-corrected chi connectivity index (χ3v) is 3.48. The van der Waals surface area contributed by atoms with E-state index in [2.05, 4.69) is 15.2 Å². The number of imidazole rings is 1. The van der Waals surface area contributed by atoms with Crippen LogP contribution < -0.4 is 5.32 Å². The molecule has 0 atom stereocenters. The lowest BCUT2D eigenvalue weighted by molar-refractivity contribution is 0.153. The quantitative estimate of drug-likeness (QED) is 0.806. The maximum absolute atomic E-state index is 11.8. The Morgan fingerprint density at radius 2 is 2.26 bits per heavy atom. The monoisotopic (exact) mass is 266 g/mol. The van der Waals surface area contributed by atoms with Crippen molar-refractivity contribution in [3.05, 3.63) is 18.7 Å². The van der Waals surface area contributed by atoms with Gasteiger partial charge in [-0.15, -0.1) is 0 Å². The van der Waals surface area contributed by atoms with Gasteiger partial charge >= 0.3 is 6.03 Å². The Labute approximate surface area is 113 Å². The Morgan fingerprint density at radius 3 is 2.89 bits per heavy atom. The summed E-state index contributed by atoms with van der Waals surface area (Å²) < 4.78 is 6.53. The van der Waals surface area contributed by atoms with Crippen LogP contribution in [0.5, 0.6) is 0 Å². The largest absolute Gasteiger partial charge is 0.385 e. The number of aromatic nitrogens is 2. The molecule has 1 fully saturated rings. The molecule has 0 spiro atoms. The Hall–Kier alpha value is -1.40. The number of ether oxygens (including phenoxy) is 1. The van der Waals surface area contributed by atoms with Gasteiger partial charge in [0.05, 0.1) is 0 Å². The molecule has 19 heavy (non-hydrogen) atoms. The van der Waals surface area contributed by atoms with Gasteiger partial charge in [-0.2, -0.15) is 0 Å². The van der Waals surface area contributed by atoms with Crippen LogP contribution in [0.3, 0.4) is 0 Å². The number of piperidine rings is 1. The molecule has 6 heteroatoms. The van der Waals surface area contributed by atoms with Crippen LogP contribution in [0.2, 0.25) is 0 Å². The molecule has 2 rings (SSSR count). The maximum Gasteiger partial charge on any atom is 0.327 e. The molecule has 0 aliphatic carbocycles. The molecule has 0 unspecified atom stereocenters. The smallest absolute Gasteiger partial charge is 0.327 e. The van der Waals surface area contributed by atoms with E-state index in [4.69, 9.17) is 4.74 Å². The first-order chi connectivity index (χ1) is 9.29. The second-order valence-corrected chi connectivity index (χ2v) is 4.88. The van der Waals surface area contributed by atoms with Crippen LogP contribution in [0.25, 0.3) is 0 Å². The van der Waals surface area contributed by atoms with Crippen LogP contribution in [0, 0.1) is 0 Å². The van der Waals surface area contributed by atoms with Crippen LogP contribution in [0.4, 0.5) is 4.79 Å². The van der Waals surface area contributed by atoms with Crippen molar-refractivity contribution in [2.24, 2.45) is 0 Å². The summed E-state index contributed by atoms with van der Waals surface area (Å²) in [6.07, 6.45) is 7.88. The number of hydrogen-bond donors (Lipinski definition) is 1. The second-order valence-electron chi connectivity index (χ2n) is 4.88. The molecule has 0 radical (unpaired) electrons. The minimum Gasteiger partial charge on any atom is -0.385 e. The molecule has 0 aromatic carbocycles. The summed E-state index contributed by atoms with van der Waals surface area (Å²) in [6, 6.07) is 0.184. The van der Waals surface area contributed by atoms with E-state index in [1.807, 2.05) is 0 Å². The molecule has 6 nitrogen and oxygen atoms in total. The van der Waals surface area contributed by atoms with E-state index in [-0.39, 0.29) is 12.1 Å². The van der Waals surface area contributed by atoms with Gasteiger partial charge in [0.25, 0.3) is 0 Å². The number of carbonyl (C=O) groups excluding carboxylic acids is 1. The third kappa shape index (κ3) is 4.33. The molecule has 1 aliphatic rings. The summed E-state index contributed by atoms with van der Waals surface area (Å²) in [6.45, 7) is 3.98. The van der Waals surface area contributed by atoms with Crippen molar-refractivity contribution in [1.82, 2.24) is 19.8 Å². The van der Waals surface area contributed by atoms with E-state index < -0.39 is 0 Å². The maximum atomic E-state index is 11.8. The number of rotatable bonds is 5. The van der Waals surface area contributed by atoms with Gasteiger partial charge in [-0.25, -0.2) is 9.78 Å². The van der Waals surface area contributed by atoms with Crippen LogP contribution in [0.1, 0.15) is 19.3 Å². The average Bonchev–Trinajstić information content (AvgIpc) is 2.95. The van der Waals surface area contributed by atoms with Crippen molar-refractivity contribution in [2.75, 3.05) is 33.4 Å². The molecule has 2 heterocycles. The van der Waals surface area contributed by atoms with E-state index in [0.29, 0.717) is 0 Å². The average molecular weight is 266 g/mol. The molecule has 1 N–H and O–H groups in total. The highest BCUT2D eigenvalue weighted by atomic mass is 16.5. The Morgan fingerprint density at radius 1 is 1.47 bits per heavy atom. The van der Waals surface area contributed by atoms with E-state index in [9.17, 15) is 4.79 Å². The molecular weight excluding hydrogens is 244 g/mol. The SMILES string of the molecule is COCCCN1CCC(NC(=O)n2ccnc2)CC1. The summed E-state index contributed by atoms with van der Waals surface area (Å²) >= 11 is 0. The Kier molecular flexibility index (Phi) is 5.35. The highest BCUT2D eigenvalue weighted by Crippen LogP contribution is 2.10. The number of likely N-dealkylation sites (tertiary alicyclic amines) is 1. The summed E-state index contributed by atoms with van der Waals surface area (Å²) in [7, 11) is 1.73. The van der Waals surface area contributed by atoms with Crippen molar-refractivity contribution in [3.8, 4) is 0 Å². The molecule has 0 bridgehead atoms. The van der Waals surface area contributed by atoms with Gasteiger partial charge < -0.3 is 15.0 Å². The molecule has 0 saturated carbocycles. The van der Waals surface area contributed by atoms with Gasteiger partial charge in [0, 0.05) is 51.8 Å². The second kappa shape index (κ2) is 7.25. The summed E-state index contributed by atoms with van der Waals surface area (Å²) in [4.78, 5) is 18.1. The first-order valence-corrected chi connectivity index (χ1v) is 6.79. The van der Waals surface area contributed by atoms with Crippen LogP contribution in [-0.2, 0) is 4.74 Å². The van der Waals surface area contributed by atoms with Gasteiger partial charge in [-0.1, -0.05) is 0 Å². The van der Waals surface area contributed by atoms with Crippen molar-refractivity contribution >= 4 is 6.03 Å². The number of nitrogens with zero attached hydrogens (tertiary/aromatic N) is 3. The topological polar surface area (TPSA) is 59.4 Å². The lowest BCUT2D eigenvalue weighted by Crippen LogP contribution is -2.45. The van der Waals surface area contributed by atoms with Crippen molar-refractivity contribution in [2.45, 2.75) is 25.3 Å². The van der Waals surface area contributed by atoms with Crippen LogP contribution in [0.15, 0.2) is 18.7 Å². The molecular formula is C13H22N4O2. The summed E-state index contributed by atoms with van der Waals surface area (Å²) in [5.41, 5.74) is 0. The number of amides is 1. The van der Waals surface area contributed by atoms with Gasteiger partial charge in [0.15, 0.2) is 0 Å². The fourth-order valence-corrected chi connectivity index (χ4v) is 2.36. The zero-order valence-electron chi connectivity index (χ0n) is 11.4. The zero-order valence-corrected chi connectivity index (χ0v) is 11.4. The Bertz CT molecular complexity index is 372. The van der Waals surface area contributed by atoms with Gasteiger partial charge in [-0.3, -0.25) is 4.57 Å². The normalized spacial score (nSPS) is 17.5. The van der Waals surface area contributed by atoms with Crippen LogP contribution in [-0.4, -0.2) is 59.9 Å². The number of hydrogen-bond acceptors (Lipinski definition) is 4. The summed E-state index contributed by atoms with van der Waals surface area (Å²) in [5.74, 6) is 0. The molecule has 1 aliphatic heterocycles. The van der Waals surface area contributed by atoms with Gasteiger partial charge in [0.1, 0.15) is 6.33 Å². The van der Waals surface area contributed by atoms with E-state index in [1.165, 1.54) is 10.9 Å². The summed E-state index contributed by atoms with van der Waals surface area (Å²) in [5, 5.41) is 3.04. The number of methoxy groups -OCH3 is 1. The molecule has 1 aromatic heterocycles. The lowest BCUT2D eigenvalue weighted by Gasteiger charge is -2.32. The fourth-order valence-electron chi connectivity index (χ4n) is 2.36. The molecule has 1 aromatic rings. The highest BCUT2D eigenvalue weighted by Gasteiger charge is 2.20. The van der Waals surface area contributed by atoms with Crippen molar-refractivity contribution < 1.29 is 9.53 Å². The zero-order chi connectivity index (χ0) is 13.5.